The molecular weight excluding hydrogens is 330 g/mol. The highest BCUT2D eigenvalue weighted by molar-refractivity contribution is 5.95. The van der Waals surface area contributed by atoms with Crippen LogP contribution in [0.5, 0.6) is 0 Å². The van der Waals surface area contributed by atoms with Crippen LogP contribution >= 0.6 is 12.4 Å². The summed E-state index contributed by atoms with van der Waals surface area (Å²) in [5.41, 5.74) is 0.346. The highest BCUT2D eigenvalue weighted by Crippen LogP contribution is 2.15. The number of halogens is 1. The van der Waals surface area contributed by atoms with Crippen molar-refractivity contribution in [2.45, 2.75) is 58.2 Å². The first-order valence-corrected chi connectivity index (χ1v) is 8.38. The summed E-state index contributed by atoms with van der Waals surface area (Å²) in [4.78, 5) is 24.2. The molecule has 0 bridgehead atoms. The first kappa shape index (κ1) is 20.4. The second-order valence-corrected chi connectivity index (χ2v) is 6.19. The number of nitrogens with zero attached hydrogens (tertiary/aromatic N) is 2. The summed E-state index contributed by atoms with van der Waals surface area (Å²) in [7, 11) is 0. The summed E-state index contributed by atoms with van der Waals surface area (Å²) in [5, 5.41) is 13.2. The third-order valence-corrected chi connectivity index (χ3v) is 4.23. The molecular formula is C16H28ClN5O2. The van der Waals surface area contributed by atoms with Gasteiger partial charge >= 0.3 is 0 Å². The van der Waals surface area contributed by atoms with E-state index in [1.807, 2.05) is 24.7 Å². The van der Waals surface area contributed by atoms with Crippen LogP contribution in [0.2, 0.25) is 0 Å². The van der Waals surface area contributed by atoms with Gasteiger partial charge in [0.1, 0.15) is 11.7 Å². The van der Waals surface area contributed by atoms with Crippen LogP contribution in [-0.4, -0.2) is 46.8 Å². The van der Waals surface area contributed by atoms with Gasteiger partial charge in [-0.25, -0.2) is 0 Å². The molecule has 3 atom stereocenters. The predicted molar refractivity (Wildman–Crippen MR) is 95.4 cm³/mol. The van der Waals surface area contributed by atoms with E-state index in [1.165, 1.54) is 0 Å². The molecule has 0 saturated carbocycles. The van der Waals surface area contributed by atoms with Crippen LogP contribution in [0.15, 0.2) is 12.3 Å². The quantitative estimate of drug-likeness (QED) is 0.715. The van der Waals surface area contributed by atoms with Gasteiger partial charge in [0, 0.05) is 18.8 Å². The number of aromatic nitrogens is 2. The number of hydrogen-bond acceptors (Lipinski definition) is 4. The first-order valence-electron chi connectivity index (χ1n) is 8.38. The van der Waals surface area contributed by atoms with Crippen LogP contribution in [0.1, 0.15) is 56.6 Å². The molecule has 1 aliphatic heterocycles. The number of nitrogens with one attached hydrogen (secondary N) is 3. The number of amides is 2. The number of hydrogen-bond donors (Lipinski definition) is 3. The highest BCUT2D eigenvalue weighted by Gasteiger charge is 2.21. The van der Waals surface area contributed by atoms with E-state index in [4.69, 9.17) is 0 Å². The zero-order valence-electron chi connectivity index (χ0n) is 14.5. The molecule has 2 amide bonds. The molecule has 136 valence electrons. The van der Waals surface area contributed by atoms with Gasteiger partial charge in [0.2, 0.25) is 5.91 Å². The summed E-state index contributed by atoms with van der Waals surface area (Å²) in [6.07, 6.45) is 4.85. The summed E-state index contributed by atoms with van der Waals surface area (Å²) in [5.74, 6) is -0.497. The van der Waals surface area contributed by atoms with Crippen LogP contribution in [0.25, 0.3) is 0 Å². The van der Waals surface area contributed by atoms with E-state index < -0.39 is 6.04 Å². The maximum absolute atomic E-state index is 12.2. The van der Waals surface area contributed by atoms with Crippen molar-refractivity contribution < 1.29 is 9.59 Å². The molecule has 1 aromatic rings. The zero-order chi connectivity index (χ0) is 16.8. The van der Waals surface area contributed by atoms with Crippen LogP contribution in [0.3, 0.4) is 0 Å². The Morgan fingerprint density at radius 3 is 2.79 bits per heavy atom. The minimum absolute atomic E-state index is 0. The van der Waals surface area contributed by atoms with E-state index in [0.717, 1.165) is 32.4 Å². The standard InChI is InChI=1S/C16H27N5O2.ClH/c1-4-11(2)18-15(22)12(3)19-16(23)14-7-9-21(20-14)13-6-5-8-17-10-13;/h7,9,11-13,17H,4-6,8,10H2,1-3H3,(H,18,22)(H,19,23);1H. The Bertz CT molecular complexity index is 542. The van der Waals surface area contributed by atoms with E-state index in [9.17, 15) is 9.59 Å². The molecule has 3 unspecified atom stereocenters. The molecule has 24 heavy (non-hydrogen) atoms. The third kappa shape index (κ3) is 5.49. The lowest BCUT2D eigenvalue weighted by Gasteiger charge is -2.22. The molecule has 0 aliphatic carbocycles. The molecule has 8 heteroatoms. The van der Waals surface area contributed by atoms with E-state index in [1.54, 1.807) is 13.0 Å². The monoisotopic (exact) mass is 357 g/mol. The molecule has 2 heterocycles. The SMILES string of the molecule is CCC(C)NC(=O)C(C)NC(=O)c1ccn(C2CCCNC2)n1.Cl. The largest absolute Gasteiger partial charge is 0.352 e. The lowest BCUT2D eigenvalue weighted by Crippen LogP contribution is -2.47. The van der Waals surface area contributed by atoms with Gasteiger partial charge in [-0.1, -0.05) is 6.92 Å². The summed E-state index contributed by atoms with van der Waals surface area (Å²) in [6, 6.07) is 1.50. The molecule has 2 rings (SSSR count). The molecule has 7 nitrogen and oxygen atoms in total. The summed E-state index contributed by atoms with van der Waals surface area (Å²) >= 11 is 0. The van der Waals surface area contributed by atoms with Gasteiger partial charge in [0.15, 0.2) is 0 Å². The summed E-state index contributed by atoms with van der Waals surface area (Å²) < 4.78 is 1.84. The van der Waals surface area contributed by atoms with Crippen molar-refractivity contribution in [2.75, 3.05) is 13.1 Å². The normalized spacial score (nSPS) is 19.7. The minimum atomic E-state index is -0.585. The van der Waals surface area contributed by atoms with Crippen LogP contribution in [0, 0.1) is 0 Å². The average molecular weight is 358 g/mol. The second kappa shape index (κ2) is 9.64. The molecule has 0 aromatic carbocycles. The predicted octanol–water partition coefficient (Wildman–Crippen LogP) is 1.26. The van der Waals surface area contributed by atoms with E-state index in [-0.39, 0.29) is 36.3 Å². The molecule has 0 radical (unpaired) electrons. The number of rotatable bonds is 6. The molecule has 1 fully saturated rings. The van der Waals surface area contributed by atoms with Gasteiger partial charge in [0.25, 0.3) is 5.91 Å². The first-order chi connectivity index (χ1) is 11.0. The number of carbonyl (C=O) groups is 2. The Morgan fingerprint density at radius 1 is 1.42 bits per heavy atom. The molecule has 1 aliphatic rings. The van der Waals surface area contributed by atoms with Crippen LogP contribution in [-0.2, 0) is 4.79 Å². The molecule has 1 saturated heterocycles. The van der Waals surface area contributed by atoms with Gasteiger partial charge in [-0.2, -0.15) is 5.10 Å². The fraction of sp³-hybridized carbons (Fsp3) is 0.688. The van der Waals surface area contributed by atoms with Crippen LogP contribution in [0.4, 0.5) is 0 Å². The van der Waals surface area contributed by atoms with E-state index in [2.05, 4.69) is 21.0 Å². The second-order valence-electron chi connectivity index (χ2n) is 6.19. The fourth-order valence-electron chi connectivity index (χ4n) is 2.53. The Hall–Kier alpha value is -1.60. The average Bonchev–Trinajstić information content (AvgIpc) is 3.05. The summed E-state index contributed by atoms with van der Waals surface area (Å²) in [6.45, 7) is 7.52. The van der Waals surface area contributed by atoms with E-state index >= 15 is 0 Å². The lowest BCUT2D eigenvalue weighted by molar-refractivity contribution is -0.123. The van der Waals surface area contributed by atoms with Crippen molar-refractivity contribution in [1.29, 1.82) is 0 Å². The van der Waals surface area contributed by atoms with Gasteiger partial charge in [0.05, 0.1) is 6.04 Å². The van der Waals surface area contributed by atoms with Crippen molar-refractivity contribution in [3.05, 3.63) is 18.0 Å². The van der Waals surface area contributed by atoms with Gasteiger partial charge in [-0.3, -0.25) is 14.3 Å². The maximum atomic E-state index is 12.2. The fourth-order valence-corrected chi connectivity index (χ4v) is 2.53. The van der Waals surface area contributed by atoms with Crippen molar-refractivity contribution in [3.63, 3.8) is 0 Å². The van der Waals surface area contributed by atoms with E-state index in [0.29, 0.717) is 5.69 Å². The maximum Gasteiger partial charge on any atom is 0.272 e. The Morgan fingerprint density at radius 2 is 2.17 bits per heavy atom. The third-order valence-electron chi connectivity index (χ3n) is 4.23. The number of carbonyl (C=O) groups excluding carboxylic acids is 2. The van der Waals surface area contributed by atoms with Gasteiger partial charge < -0.3 is 16.0 Å². The van der Waals surface area contributed by atoms with Gasteiger partial charge in [-0.15, -0.1) is 12.4 Å². The van der Waals surface area contributed by atoms with Crippen molar-refractivity contribution in [1.82, 2.24) is 25.7 Å². The Balaban J connectivity index is 0.00000288. The zero-order valence-corrected chi connectivity index (χ0v) is 15.4. The van der Waals surface area contributed by atoms with Crippen molar-refractivity contribution >= 4 is 24.2 Å². The van der Waals surface area contributed by atoms with Crippen LogP contribution < -0.4 is 16.0 Å². The molecule has 3 N–H and O–H groups in total. The highest BCUT2D eigenvalue weighted by atomic mass is 35.5. The number of piperidine rings is 1. The van der Waals surface area contributed by atoms with Gasteiger partial charge in [-0.05, 0) is 45.7 Å². The van der Waals surface area contributed by atoms with Crippen molar-refractivity contribution in [3.8, 4) is 0 Å². The topological polar surface area (TPSA) is 88.0 Å². The van der Waals surface area contributed by atoms with Crippen molar-refractivity contribution in [2.24, 2.45) is 0 Å². The molecule has 1 aromatic heterocycles. The Labute approximate surface area is 149 Å². The minimum Gasteiger partial charge on any atom is -0.352 e. The lowest BCUT2D eigenvalue weighted by atomic mass is 10.1. The molecule has 0 spiro atoms. The smallest absolute Gasteiger partial charge is 0.272 e. The Kier molecular flexibility index (Phi) is 8.21.